The van der Waals surface area contributed by atoms with Crippen molar-refractivity contribution in [2.75, 3.05) is 18.5 Å². The second-order valence-electron chi connectivity index (χ2n) is 5.28. The number of anilines is 1. The van der Waals surface area contributed by atoms with Crippen LogP contribution in [-0.4, -0.2) is 30.1 Å². The molecule has 128 valence electrons. The summed E-state index contributed by atoms with van der Waals surface area (Å²) in [6.07, 6.45) is 1.32. The fourth-order valence-electron chi connectivity index (χ4n) is 2.34. The highest BCUT2D eigenvalue weighted by molar-refractivity contribution is 6.14. The maximum Gasteiger partial charge on any atom is 0.347 e. The number of nitrogens with one attached hydrogen (secondary N) is 2. The third-order valence-corrected chi connectivity index (χ3v) is 3.68. The second-order valence-corrected chi connectivity index (χ2v) is 5.28. The van der Waals surface area contributed by atoms with Crippen LogP contribution >= 0.6 is 0 Å². The third-order valence-electron chi connectivity index (χ3n) is 3.68. The summed E-state index contributed by atoms with van der Waals surface area (Å²) in [4.78, 5) is 27.1. The van der Waals surface area contributed by atoms with Crippen molar-refractivity contribution in [3.05, 3.63) is 41.2 Å². The van der Waals surface area contributed by atoms with Crippen LogP contribution in [0.1, 0.15) is 25.1 Å². The van der Waals surface area contributed by atoms with E-state index in [1.165, 1.54) is 11.8 Å². The van der Waals surface area contributed by atoms with Crippen molar-refractivity contribution in [1.82, 2.24) is 4.98 Å². The molecule has 0 aliphatic heterocycles. The van der Waals surface area contributed by atoms with Crippen molar-refractivity contribution in [3.8, 4) is 0 Å². The van der Waals surface area contributed by atoms with Crippen molar-refractivity contribution < 1.29 is 19.1 Å². The molecule has 6 heteroatoms. The predicted molar refractivity (Wildman–Crippen MR) is 92.7 cm³/mol. The van der Waals surface area contributed by atoms with Crippen molar-refractivity contribution in [3.63, 3.8) is 0 Å². The van der Waals surface area contributed by atoms with Crippen molar-refractivity contribution in [2.45, 2.75) is 27.7 Å². The van der Waals surface area contributed by atoms with Crippen LogP contribution in [0.5, 0.6) is 0 Å². The quantitative estimate of drug-likeness (QED) is 0.368. The van der Waals surface area contributed by atoms with Crippen LogP contribution in [0, 0.1) is 13.8 Å². The van der Waals surface area contributed by atoms with Gasteiger partial charge in [0.2, 0.25) is 0 Å². The van der Waals surface area contributed by atoms with Crippen LogP contribution in [0.4, 0.5) is 5.69 Å². The summed E-state index contributed by atoms with van der Waals surface area (Å²) in [5.41, 5.74) is 3.87. The summed E-state index contributed by atoms with van der Waals surface area (Å²) in [7, 11) is 0. The molecule has 0 atom stereocenters. The normalized spacial score (nSPS) is 10.3. The van der Waals surface area contributed by atoms with Gasteiger partial charge in [0.25, 0.3) is 0 Å². The zero-order valence-electron chi connectivity index (χ0n) is 14.4. The lowest BCUT2D eigenvalue weighted by Crippen LogP contribution is -2.19. The molecule has 1 heterocycles. The Morgan fingerprint density at radius 2 is 1.75 bits per heavy atom. The summed E-state index contributed by atoms with van der Waals surface area (Å²) in [6.45, 7) is 7.80. The number of esters is 2. The monoisotopic (exact) mass is 330 g/mol. The standard InChI is InChI=1S/C18H22N2O4/c1-5-23-17(21)15(18(22)24-6-2)10-19-13-7-8-14-11(3)12(4)20-16(14)9-13/h7-10,19-20H,5-6H2,1-4H3. The lowest BCUT2D eigenvalue weighted by molar-refractivity contribution is -0.146. The van der Waals surface area contributed by atoms with Gasteiger partial charge < -0.3 is 19.8 Å². The van der Waals surface area contributed by atoms with Crippen molar-refractivity contribution in [1.29, 1.82) is 0 Å². The van der Waals surface area contributed by atoms with Gasteiger partial charge >= 0.3 is 11.9 Å². The van der Waals surface area contributed by atoms with Gasteiger partial charge in [-0.2, -0.15) is 0 Å². The van der Waals surface area contributed by atoms with Gasteiger partial charge in [0.15, 0.2) is 5.57 Å². The maximum absolute atomic E-state index is 11.9. The topological polar surface area (TPSA) is 80.4 Å². The Morgan fingerprint density at radius 3 is 2.33 bits per heavy atom. The zero-order chi connectivity index (χ0) is 17.7. The fraction of sp³-hybridized carbons (Fsp3) is 0.333. The largest absolute Gasteiger partial charge is 0.462 e. The van der Waals surface area contributed by atoms with Gasteiger partial charge in [0, 0.05) is 28.5 Å². The van der Waals surface area contributed by atoms with Crippen LogP contribution in [0.15, 0.2) is 30.0 Å². The summed E-state index contributed by atoms with van der Waals surface area (Å²) in [6, 6.07) is 5.78. The zero-order valence-corrected chi connectivity index (χ0v) is 14.4. The van der Waals surface area contributed by atoms with E-state index >= 15 is 0 Å². The molecular formula is C18H22N2O4. The number of H-pyrrole nitrogens is 1. The first-order chi connectivity index (χ1) is 11.5. The molecule has 0 amide bonds. The average Bonchev–Trinajstić information content (AvgIpc) is 2.82. The second kappa shape index (κ2) is 7.68. The number of benzene rings is 1. The number of fused-ring (bicyclic) bond motifs is 1. The molecule has 0 unspecified atom stereocenters. The number of carbonyl (C=O) groups excluding carboxylic acids is 2. The molecule has 2 rings (SSSR count). The smallest absolute Gasteiger partial charge is 0.347 e. The van der Waals surface area contributed by atoms with E-state index in [0.29, 0.717) is 0 Å². The van der Waals surface area contributed by atoms with E-state index in [2.05, 4.69) is 17.2 Å². The summed E-state index contributed by atoms with van der Waals surface area (Å²) in [5.74, 6) is -1.42. The Labute approximate surface area is 140 Å². The van der Waals surface area contributed by atoms with E-state index in [0.717, 1.165) is 22.3 Å². The van der Waals surface area contributed by atoms with E-state index < -0.39 is 11.9 Å². The number of aryl methyl sites for hydroxylation is 2. The number of aromatic nitrogens is 1. The Bertz CT molecular complexity index is 770. The minimum atomic E-state index is -0.712. The molecule has 1 aromatic carbocycles. The number of hydrogen-bond acceptors (Lipinski definition) is 5. The highest BCUT2D eigenvalue weighted by Gasteiger charge is 2.20. The minimum absolute atomic E-state index is 0.169. The molecule has 0 bridgehead atoms. The molecule has 6 nitrogen and oxygen atoms in total. The van der Waals surface area contributed by atoms with Gasteiger partial charge in [-0.15, -0.1) is 0 Å². The van der Waals surface area contributed by atoms with Gasteiger partial charge in [-0.3, -0.25) is 0 Å². The Kier molecular flexibility index (Phi) is 5.63. The predicted octanol–water partition coefficient (Wildman–Crippen LogP) is 3.21. The lowest BCUT2D eigenvalue weighted by Gasteiger charge is -2.08. The van der Waals surface area contributed by atoms with E-state index in [1.807, 2.05) is 25.1 Å². The summed E-state index contributed by atoms with van der Waals surface area (Å²) in [5, 5.41) is 4.10. The van der Waals surface area contributed by atoms with Crippen LogP contribution in [0.2, 0.25) is 0 Å². The van der Waals surface area contributed by atoms with Gasteiger partial charge in [0.1, 0.15) is 0 Å². The Balaban J connectivity index is 2.26. The van der Waals surface area contributed by atoms with Crippen molar-refractivity contribution >= 4 is 28.5 Å². The number of hydrogen-bond donors (Lipinski definition) is 2. The van der Waals surface area contributed by atoms with Crippen molar-refractivity contribution in [2.24, 2.45) is 0 Å². The van der Waals surface area contributed by atoms with E-state index in [1.54, 1.807) is 13.8 Å². The van der Waals surface area contributed by atoms with E-state index in [-0.39, 0.29) is 18.8 Å². The van der Waals surface area contributed by atoms with Crippen LogP contribution < -0.4 is 5.32 Å². The lowest BCUT2D eigenvalue weighted by atomic mass is 10.1. The molecule has 2 N–H and O–H groups in total. The van der Waals surface area contributed by atoms with Gasteiger partial charge in [-0.1, -0.05) is 6.07 Å². The molecular weight excluding hydrogens is 308 g/mol. The number of rotatable bonds is 6. The highest BCUT2D eigenvalue weighted by atomic mass is 16.6. The Morgan fingerprint density at radius 1 is 1.12 bits per heavy atom. The number of carbonyl (C=O) groups is 2. The van der Waals surface area contributed by atoms with Gasteiger partial charge in [-0.05, 0) is 45.4 Å². The third kappa shape index (κ3) is 3.76. The van der Waals surface area contributed by atoms with Crippen LogP contribution in [0.3, 0.4) is 0 Å². The van der Waals surface area contributed by atoms with Gasteiger partial charge in [-0.25, -0.2) is 9.59 Å². The molecule has 0 saturated heterocycles. The van der Waals surface area contributed by atoms with E-state index in [4.69, 9.17) is 9.47 Å². The molecule has 24 heavy (non-hydrogen) atoms. The summed E-state index contributed by atoms with van der Waals surface area (Å²) >= 11 is 0. The minimum Gasteiger partial charge on any atom is -0.462 e. The first-order valence-corrected chi connectivity index (χ1v) is 7.87. The molecule has 0 radical (unpaired) electrons. The molecule has 0 fully saturated rings. The molecule has 2 aromatic rings. The molecule has 0 spiro atoms. The van der Waals surface area contributed by atoms with Gasteiger partial charge in [0.05, 0.1) is 13.2 Å². The van der Waals surface area contributed by atoms with Crippen LogP contribution in [0.25, 0.3) is 10.9 Å². The first kappa shape index (κ1) is 17.6. The number of aromatic amines is 1. The first-order valence-electron chi connectivity index (χ1n) is 7.87. The molecule has 0 aliphatic carbocycles. The summed E-state index contributed by atoms with van der Waals surface area (Å²) < 4.78 is 9.79. The molecule has 0 saturated carbocycles. The molecule has 1 aromatic heterocycles. The molecule has 0 aliphatic rings. The highest BCUT2D eigenvalue weighted by Crippen LogP contribution is 2.24. The maximum atomic E-state index is 11.9. The average molecular weight is 330 g/mol. The SMILES string of the molecule is CCOC(=O)C(=CNc1ccc2c(C)c(C)[nH]c2c1)C(=O)OCC. The Hall–Kier alpha value is -2.76. The number of ether oxygens (including phenoxy) is 2. The van der Waals surface area contributed by atoms with E-state index in [9.17, 15) is 9.59 Å². The van der Waals surface area contributed by atoms with Crippen LogP contribution in [-0.2, 0) is 19.1 Å². The fourth-order valence-corrected chi connectivity index (χ4v) is 2.34.